The van der Waals surface area contributed by atoms with Crippen LogP contribution in [0.3, 0.4) is 0 Å². The third kappa shape index (κ3) is 5.51. The van der Waals surface area contributed by atoms with Crippen molar-refractivity contribution in [1.82, 2.24) is 9.13 Å². The van der Waals surface area contributed by atoms with Crippen LogP contribution >= 0.6 is 0 Å². The van der Waals surface area contributed by atoms with Gasteiger partial charge in [-0.2, -0.15) is 0 Å². The first-order valence-corrected chi connectivity index (χ1v) is 22.4. The number of furan rings is 1. The maximum absolute atomic E-state index is 6.77. The number of fused-ring (bicyclic) bond motifs is 9. The zero-order chi connectivity index (χ0) is 43.5. The van der Waals surface area contributed by atoms with Crippen LogP contribution < -0.4 is 38.2 Å². The van der Waals surface area contributed by atoms with Gasteiger partial charge in [0.05, 0.1) is 16.7 Å². The summed E-state index contributed by atoms with van der Waals surface area (Å²) in [5.74, 6) is 0. The lowest BCUT2D eigenvalue weighted by Crippen LogP contribution is -2.48. The zero-order valence-electron chi connectivity index (χ0n) is 37.4. The van der Waals surface area contributed by atoms with E-state index < -0.39 is 0 Å². The summed E-state index contributed by atoms with van der Waals surface area (Å²) >= 11 is 0. The van der Waals surface area contributed by atoms with E-state index in [4.69, 9.17) is 4.42 Å². The summed E-state index contributed by atoms with van der Waals surface area (Å²) in [6.07, 6.45) is 0. The predicted octanol–water partition coefficient (Wildman–Crippen LogP) is 2.59. The highest BCUT2D eigenvalue weighted by Crippen LogP contribution is 2.40. The quantitative estimate of drug-likeness (QED) is 0.246. The molecule has 9 aromatic carbocycles. The van der Waals surface area contributed by atoms with Crippen LogP contribution in [0.5, 0.6) is 0 Å². The van der Waals surface area contributed by atoms with E-state index in [1.165, 1.54) is 115 Å². The van der Waals surface area contributed by atoms with Crippen LogP contribution in [0.25, 0.3) is 110 Å². The SMILES string of the molecule is Bc1c(B)c(B)c2c(c1B)c1c(B)c(-c3ccc4c(c3)c3cc(-c5ccccc5)ccc3n4-c3ccc(-c4ccccc4)cc3)c(B)c(B)c1n2-c1cccc2c1oc1ccccc12. The van der Waals surface area contributed by atoms with Gasteiger partial charge in [-0.1, -0.05) is 148 Å². The Morgan fingerprint density at radius 3 is 1.55 bits per heavy atom. The highest BCUT2D eigenvalue weighted by molar-refractivity contribution is 6.69. The minimum absolute atomic E-state index is 0.911. The van der Waals surface area contributed by atoms with E-state index in [1.54, 1.807) is 0 Å². The van der Waals surface area contributed by atoms with Crippen molar-refractivity contribution in [2.75, 3.05) is 0 Å². The first-order valence-electron chi connectivity index (χ1n) is 22.4. The molecule has 294 valence electrons. The van der Waals surface area contributed by atoms with Gasteiger partial charge in [0.25, 0.3) is 0 Å². The lowest BCUT2D eigenvalue weighted by molar-refractivity contribution is 0.666. The van der Waals surface area contributed by atoms with Gasteiger partial charge >= 0.3 is 0 Å². The van der Waals surface area contributed by atoms with Gasteiger partial charge in [0, 0.05) is 43.7 Å². The van der Waals surface area contributed by atoms with E-state index in [-0.39, 0.29) is 0 Å². The second-order valence-corrected chi connectivity index (χ2v) is 17.9. The third-order valence-corrected chi connectivity index (χ3v) is 14.6. The smallest absolute Gasteiger partial charge is 0.159 e. The minimum Gasteiger partial charge on any atom is -0.454 e. The molecule has 0 fully saturated rings. The summed E-state index contributed by atoms with van der Waals surface area (Å²) in [5, 5.41) is 7.41. The topological polar surface area (TPSA) is 23.0 Å². The van der Waals surface area contributed by atoms with Gasteiger partial charge in [0.15, 0.2) is 5.58 Å². The van der Waals surface area contributed by atoms with Gasteiger partial charge in [0.2, 0.25) is 0 Å². The third-order valence-electron chi connectivity index (χ3n) is 14.6. The Kier molecular flexibility index (Phi) is 8.69. The van der Waals surface area contributed by atoms with E-state index in [2.05, 4.69) is 228 Å². The number of hydrogen-bond acceptors (Lipinski definition) is 1. The van der Waals surface area contributed by atoms with Crippen molar-refractivity contribution in [2.24, 2.45) is 0 Å². The van der Waals surface area contributed by atoms with Crippen molar-refractivity contribution < 1.29 is 4.42 Å². The molecule has 0 aliphatic carbocycles. The van der Waals surface area contributed by atoms with Crippen molar-refractivity contribution in [1.29, 1.82) is 0 Å². The van der Waals surface area contributed by atoms with Gasteiger partial charge in [-0.05, 0) is 87.3 Å². The van der Waals surface area contributed by atoms with Crippen LogP contribution in [0, 0.1) is 0 Å². The molecule has 0 radical (unpaired) electrons. The Morgan fingerprint density at radius 2 is 0.859 bits per heavy atom. The first kappa shape index (κ1) is 38.5. The monoisotopic (exact) mass is 810 g/mol. The van der Waals surface area contributed by atoms with Crippen LogP contribution in [0.15, 0.2) is 168 Å². The molecule has 0 aliphatic heterocycles. The number of aromatic nitrogens is 2. The Balaban J connectivity index is 1.14. The molecule has 0 amide bonds. The van der Waals surface area contributed by atoms with Gasteiger partial charge in [0.1, 0.15) is 60.5 Å². The van der Waals surface area contributed by atoms with Gasteiger partial charge in [-0.25, -0.2) is 0 Å². The van der Waals surface area contributed by atoms with E-state index in [1.807, 2.05) is 0 Å². The molecule has 3 heterocycles. The van der Waals surface area contributed by atoms with Gasteiger partial charge in [-0.15, -0.1) is 5.46 Å². The molecular weight excluding hydrogens is 768 g/mol. The summed E-state index contributed by atoms with van der Waals surface area (Å²) in [7, 11) is 16.2. The molecule has 12 rings (SSSR count). The predicted molar refractivity (Wildman–Crippen MR) is 296 cm³/mol. The molecule has 0 saturated heterocycles. The number of nitrogens with zero attached hydrogens (tertiary/aromatic N) is 2. The number of benzene rings is 9. The molecule has 3 nitrogen and oxygen atoms in total. The molecule has 10 heteroatoms. The summed E-state index contributed by atoms with van der Waals surface area (Å²) < 4.78 is 11.7. The lowest BCUT2D eigenvalue weighted by Gasteiger charge is -2.19. The standard InChI is InChI=1S/C54H41B7N2O/c55-45-42(46(56)50(60)52-43(45)44-47(57)48(58)49(59)51(61)53(44)63(52)40-16-9-15-35-34-14-7-8-17-41(34)64-54(35)40)32-21-25-39-37(27-32)36-26-31(29-12-5-2-6-13-29)20-24-38(36)62(39)33-22-18-30(19-23-33)28-10-3-1-4-11-28/h1-27H,55-61H2. The fourth-order valence-corrected chi connectivity index (χ4v) is 11.0. The molecule has 0 saturated carbocycles. The summed E-state index contributed by atoms with van der Waals surface area (Å²) in [6, 6.07) is 59.6. The van der Waals surface area contributed by atoms with Crippen LogP contribution in [0.1, 0.15) is 0 Å². The Bertz CT molecular complexity index is 3910. The van der Waals surface area contributed by atoms with Crippen molar-refractivity contribution in [2.45, 2.75) is 0 Å². The first-order chi connectivity index (χ1) is 31.2. The average molecular weight is 810 g/mol. The van der Waals surface area contributed by atoms with Crippen molar-refractivity contribution in [3.05, 3.63) is 164 Å². The molecule has 12 aromatic rings. The van der Waals surface area contributed by atoms with Crippen LogP contribution in [-0.2, 0) is 0 Å². The fourth-order valence-electron chi connectivity index (χ4n) is 11.0. The second kappa shape index (κ2) is 14.4. The molecule has 0 N–H and O–H groups in total. The van der Waals surface area contributed by atoms with Crippen molar-refractivity contribution >= 4 is 159 Å². The van der Waals surface area contributed by atoms with Crippen LogP contribution in [-0.4, -0.2) is 64.1 Å². The van der Waals surface area contributed by atoms with Crippen LogP contribution in [0.4, 0.5) is 0 Å². The Morgan fingerprint density at radius 1 is 0.344 bits per heavy atom. The summed E-state index contributed by atoms with van der Waals surface area (Å²) in [5.41, 5.74) is 25.5. The molecular formula is C54H41B7N2O. The number of hydrogen-bond donors (Lipinski definition) is 0. The Labute approximate surface area is 379 Å². The maximum atomic E-state index is 6.77. The largest absolute Gasteiger partial charge is 0.454 e. The lowest BCUT2D eigenvalue weighted by atomic mass is 9.64. The second-order valence-electron chi connectivity index (χ2n) is 17.9. The van der Waals surface area contributed by atoms with Crippen molar-refractivity contribution in [3.8, 4) is 44.8 Å². The highest BCUT2D eigenvalue weighted by atomic mass is 16.3. The van der Waals surface area contributed by atoms with E-state index in [0.29, 0.717) is 0 Å². The highest BCUT2D eigenvalue weighted by Gasteiger charge is 2.27. The normalized spacial score (nSPS) is 11.9. The molecule has 0 aliphatic rings. The summed E-state index contributed by atoms with van der Waals surface area (Å²) in [4.78, 5) is 0. The molecule has 0 spiro atoms. The zero-order valence-corrected chi connectivity index (χ0v) is 37.4. The van der Waals surface area contributed by atoms with Crippen molar-refractivity contribution in [3.63, 3.8) is 0 Å². The van der Waals surface area contributed by atoms with E-state index in [0.717, 1.165) is 33.3 Å². The average Bonchev–Trinajstić information content (AvgIpc) is 4.01. The molecule has 64 heavy (non-hydrogen) atoms. The van der Waals surface area contributed by atoms with Gasteiger partial charge in [-0.3, -0.25) is 0 Å². The number of rotatable bonds is 5. The molecule has 3 aromatic heterocycles. The number of para-hydroxylation sites is 2. The minimum atomic E-state index is 0.911. The molecule has 0 unspecified atom stereocenters. The van der Waals surface area contributed by atoms with E-state index in [9.17, 15) is 0 Å². The summed E-state index contributed by atoms with van der Waals surface area (Å²) in [6.45, 7) is 0. The fraction of sp³-hybridized carbons (Fsp3) is 0. The molecule has 0 atom stereocenters. The van der Waals surface area contributed by atoms with E-state index >= 15 is 0 Å². The Hall–Kier alpha value is -7.17. The molecule has 0 bridgehead atoms. The maximum Gasteiger partial charge on any atom is 0.159 e. The van der Waals surface area contributed by atoms with Gasteiger partial charge < -0.3 is 13.6 Å². The van der Waals surface area contributed by atoms with Crippen LogP contribution in [0.2, 0.25) is 0 Å².